The Morgan fingerprint density at radius 2 is 1.76 bits per heavy atom. The zero-order chi connectivity index (χ0) is 23.2. The summed E-state index contributed by atoms with van der Waals surface area (Å²) < 4.78 is 0. The van der Waals surface area contributed by atoms with Crippen LogP contribution in [0, 0.1) is 11.8 Å². The fourth-order valence-electron chi connectivity index (χ4n) is 5.09. The molecule has 0 spiro atoms. The lowest BCUT2D eigenvalue weighted by atomic mass is 9.89. The highest BCUT2D eigenvalue weighted by Crippen LogP contribution is 2.31. The number of nitrogens with one attached hydrogen (secondary N) is 1. The first-order chi connectivity index (χ1) is 16.0. The van der Waals surface area contributed by atoms with Gasteiger partial charge in [-0.1, -0.05) is 17.7 Å². The molecule has 3 heterocycles. The number of likely N-dealkylation sites (tertiary alicyclic amines) is 2. The van der Waals surface area contributed by atoms with E-state index in [1.165, 1.54) is 11.3 Å². The number of carbonyl (C=O) groups is 1. The smallest absolute Gasteiger partial charge is 0.227 e. The van der Waals surface area contributed by atoms with E-state index in [9.17, 15) is 4.79 Å². The molecule has 1 aromatic heterocycles. The summed E-state index contributed by atoms with van der Waals surface area (Å²) in [5.41, 5.74) is 9.32. The van der Waals surface area contributed by atoms with Gasteiger partial charge in [-0.05, 0) is 87.7 Å². The molecule has 2 aliphatic rings. The first-order valence-corrected chi connectivity index (χ1v) is 12.3. The number of anilines is 2. The summed E-state index contributed by atoms with van der Waals surface area (Å²) in [6, 6.07) is 11.3. The maximum absolute atomic E-state index is 12.7. The van der Waals surface area contributed by atoms with E-state index in [1.807, 2.05) is 24.3 Å². The van der Waals surface area contributed by atoms with Crippen LogP contribution in [0.5, 0.6) is 0 Å². The van der Waals surface area contributed by atoms with Crippen LogP contribution in [0.15, 0.2) is 54.4 Å². The second kappa shape index (κ2) is 11.0. The van der Waals surface area contributed by atoms with E-state index >= 15 is 0 Å². The van der Waals surface area contributed by atoms with Crippen LogP contribution in [0.3, 0.4) is 0 Å². The number of rotatable bonds is 6. The lowest BCUT2D eigenvalue weighted by Gasteiger charge is -2.40. The standard InChI is InChI=1S/C26H34ClN5O/c1-2-24(20-8-13-31(14-9-20)18-19-7-12-29-25(28)17-19)32-15-10-21(11-16-32)26(33)30-23-5-3-22(27)4-6-23/h2-7,12,17,20-21H,8-11,13-16,18H2,1H3,(H2,28,29)(H,30,33)/b24-2-. The second-order valence-electron chi connectivity index (χ2n) is 9.11. The first kappa shape index (κ1) is 23.6. The summed E-state index contributed by atoms with van der Waals surface area (Å²) in [5, 5.41) is 3.71. The molecule has 4 rings (SSSR count). The number of hydrogen-bond donors (Lipinski definition) is 2. The number of aromatic nitrogens is 1. The highest BCUT2D eigenvalue weighted by atomic mass is 35.5. The molecule has 33 heavy (non-hydrogen) atoms. The number of carbonyl (C=O) groups excluding carboxylic acids is 1. The van der Waals surface area contributed by atoms with Crippen LogP contribution in [0.4, 0.5) is 11.5 Å². The Morgan fingerprint density at radius 3 is 2.39 bits per heavy atom. The summed E-state index contributed by atoms with van der Waals surface area (Å²) in [7, 11) is 0. The van der Waals surface area contributed by atoms with Gasteiger partial charge >= 0.3 is 0 Å². The van der Waals surface area contributed by atoms with Gasteiger partial charge in [0.2, 0.25) is 5.91 Å². The minimum absolute atomic E-state index is 0.0599. The van der Waals surface area contributed by atoms with Gasteiger partial charge in [0, 0.05) is 54.1 Å². The topological polar surface area (TPSA) is 74.5 Å². The molecule has 2 aromatic rings. The van der Waals surface area contributed by atoms with Crippen molar-refractivity contribution in [1.82, 2.24) is 14.8 Å². The largest absolute Gasteiger partial charge is 0.384 e. The van der Waals surface area contributed by atoms with E-state index in [4.69, 9.17) is 17.3 Å². The maximum atomic E-state index is 12.7. The Balaban J connectivity index is 1.24. The van der Waals surface area contributed by atoms with Gasteiger partial charge in [-0.15, -0.1) is 0 Å². The zero-order valence-corrected chi connectivity index (χ0v) is 20.1. The van der Waals surface area contributed by atoms with E-state index in [0.29, 0.717) is 16.8 Å². The fraction of sp³-hybridized carbons (Fsp3) is 0.462. The Hall–Kier alpha value is -2.57. The molecule has 3 N–H and O–H groups in total. The van der Waals surface area contributed by atoms with Crippen molar-refractivity contribution < 1.29 is 4.79 Å². The highest BCUT2D eigenvalue weighted by Gasteiger charge is 2.30. The number of nitrogens with zero attached hydrogens (tertiary/aromatic N) is 3. The van der Waals surface area contributed by atoms with E-state index in [0.717, 1.165) is 64.1 Å². The minimum atomic E-state index is 0.0599. The zero-order valence-electron chi connectivity index (χ0n) is 19.3. The normalized spacial score (nSPS) is 19.0. The van der Waals surface area contributed by atoms with Gasteiger partial charge in [0.1, 0.15) is 5.82 Å². The summed E-state index contributed by atoms with van der Waals surface area (Å²) in [6.45, 7) is 7.14. The molecule has 2 fully saturated rings. The molecular formula is C26H34ClN5O. The van der Waals surface area contributed by atoms with Crippen molar-refractivity contribution in [1.29, 1.82) is 0 Å². The van der Waals surface area contributed by atoms with Crippen molar-refractivity contribution in [3.63, 3.8) is 0 Å². The number of halogens is 1. The lowest BCUT2D eigenvalue weighted by Crippen LogP contribution is -2.41. The number of nitrogen functional groups attached to an aromatic ring is 1. The molecule has 1 aromatic carbocycles. The van der Waals surface area contributed by atoms with Crippen molar-refractivity contribution in [2.75, 3.05) is 37.2 Å². The highest BCUT2D eigenvalue weighted by molar-refractivity contribution is 6.30. The molecule has 176 valence electrons. The minimum Gasteiger partial charge on any atom is -0.384 e. The monoisotopic (exact) mass is 467 g/mol. The van der Waals surface area contributed by atoms with Crippen LogP contribution in [0.2, 0.25) is 5.02 Å². The van der Waals surface area contributed by atoms with Crippen molar-refractivity contribution >= 4 is 29.0 Å². The maximum Gasteiger partial charge on any atom is 0.227 e. The number of benzene rings is 1. The van der Waals surface area contributed by atoms with Gasteiger partial charge in [-0.3, -0.25) is 9.69 Å². The predicted molar refractivity (Wildman–Crippen MR) is 135 cm³/mol. The Bertz CT molecular complexity index is 961. The third kappa shape index (κ3) is 6.27. The van der Waals surface area contributed by atoms with Gasteiger partial charge in [0.05, 0.1) is 0 Å². The molecule has 0 saturated carbocycles. The van der Waals surface area contributed by atoms with E-state index in [-0.39, 0.29) is 11.8 Å². The van der Waals surface area contributed by atoms with Gasteiger partial charge in [-0.25, -0.2) is 4.98 Å². The number of nitrogens with two attached hydrogens (primary N) is 1. The SMILES string of the molecule is C/C=C(/C1CCN(Cc2ccnc(N)c2)CC1)N1CCC(C(=O)Nc2ccc(Cl)cc2)CC1. The molecule has 0 aliphatic carbocycles. The molecule has 6 nitrogen and oxygen atoms in total. The molecule has 0 radical (unpaired) electrons. The number of pyridine rings is 1. The molecule has 2 saturated heterocycles. The van der Waals surface area contributed by atoms with Crippen molar-refractivity contribution in [2.45, 2.75) is 39.2 Å². The summed E-state index contributed by atoms with van der Waals surface area (Å²) in [5.74, 6) is 1.35. The van der Waals surface area contributed by atoms with Crippen LogP contribution >= 0.6 is 11.6 Å². The first-order valence-electron chi connectivity index (χ1n) is 11.9. The van der Waals surface area contributed by atoms with E-state index < -0.39 is 0 Å². The number of hydrogen-bond acceptors (Lipinski definition) is 5. The van der Waals surface area contributed by atoms with Gasteiger partial charge < -0.3 is 16.0 Å². The lowest BCUT2D eigenvalue weighted by molar-refractivity contribution is -0.121. The van der Waals surface area contributed by atoms with Gasteiger partial charge in [-0.2, -0.15) is 0 Å². The number of allylic oxidation sites excluding steroid dienone is 2. The third-order valence-corrected chi connectivity index (χ3v) is 7.15. The van der Waals surface area contributed by atoms with Crippen LogP contribution < -0.4 is 11.1 Å². The van der Waals surface area contributed by atoms with Crippen LogP contribution in [0.25, 0.3) is 0 Å². The second-order valence-corrected chi connectivity index (χ2v) is 9.55. The molecule has 1 amide bonds. The van der Waals surface area contributed by atoms with Crippen LogP contribution in [-0.2, 0) is 11.3 Å². The number of piperidine rings is 2. The summed E-state index contributed by atoms with van der Waals surface area (Å²) >= 11 is 5.94. The fourth-order valence-corrected chi connectivity index (χ4v) is 5.22. The van der Waals surface area contributed by atoms with E-state index in [2.05, 4.69) is 33.1 Å². The van der Waals surface area contributed by atoms with Crippen molar-refractivity contribution in [2.24, 2.45) is 11.8 Å². The van der Waals surface area contributed by atoms with Gasteiger partial charge in [0.15, 0.2) is 0 Å². The molecule has 0 unspecified atom stereocenters. The molecular weight excluding hydrogens is 434 g/mol. The average Bonchev–Trinajstić information content (AvgIpc) is 2.82. The summed E-state index contributed by atoms with van der Waals surface area (Å²) in [4.78, 5) is 21.8. The number of amides is 1. The van der Waals surface area contributed by atoms with Crippen molar-refractivity contribution in [3.05, 3.63) is 65.0 Å². The van der Waals surface area contributed by atoms with Crippen molar-refractivity contribution in [3.8, 4) is 0 Å². The molecule has 0 bridgehead atoms. The molecule has 0 atom stereocenters. The van der Waals surface area contributed by atoms with E-state index in [1.54, 1.807) is 18.3 Å². The Labute approximate surface area is 201 Å². The molecule has 7 heteroatoms. The molecule has 2 aliphatic heterocycles. The van der Waals surface area contributed by atoms with Crippen LogP contribution in [-0.4, -0.2) is 46.9 Å². The average molecular weight is 468 g/mol. The van der Waals surface area contributed by atoms with Crippen LogP contribution in [0.1, 0.15) is 38.2 Å². The summed E-state index contributed by atoms with van der Waals surface area (Å²) in [6.07, 6.45) is 8.18. The predicted octanol–water partition coefficient (Wildman–Crippen LogP) is 4.78. The Morgan fingerprint density at radius 1 is 1.09 bits per heavy atom. The quantitative estimate of drug-likeness (QED) is 0.639. The third-order valence-electron chi connectivity index (χ3n) is 6.90. The van der Waals surface area contributed by atoms with Gasteiger partial charge in [0.25, 0.3) is 0 Å². The Kier molecular flexibility index (Phi) is 7.89.